The maximum Gasteiger partial charge on any atom is 0.410 e. The summed E-state index contributed by atoms with van der Waals surface area (Å²) in [4.78, 5) is 60.2. The van der Waals surface area contributed by atoms with Gasteiger partial charge in [-0.25, -0.2) is 4.79 Å². The molecule has 2 fully saturated rings. The first-order valence-electron chi connectivity index (χ1n) is 18.0. The van der Waals surface area contributed by atoms with Gasteiger partial charge in [0.2, 0.25) is 5.91 Å². The van der Waals surface area contributed by atoms with Crippen molar-refractivity contribution in [3.63, 3.8) is 0 Å². The van der Waals surface area contributed by atoms with E-state index in [0.717, 1.165) is 31.4 Å². The predicted molar refractivity (Wildman–Crippen MR) is 193 cm³/mol. The van der Waals surface area contributed by atoms with Gasteiger partial charge in [-0.3, -0.25) is 14.4 Å². The number of methoxy groups -OCH3 is 1. The van der Waals surface area contributed by atoms with Crippen LogP contribution in [0.2, 0.25) is 0 Å². The van der Waals surface area contributed by atoms with Gasteiger partial charge in [0.15, 0.2) is 11.4 Å². The molecule has 3 amide bonds. The van der Waals surface area contributed by atoms with Crippen LogP contribution in [-0.2, 0) is 36.7 Å². The van der Waals surface area contributed by atoms with Gasteiger partial charge in [0.1, 0.15) is 11.4 Å². The molecule has 2 aromatic rings. The molecule has 50 heavy (non-hydrogen) atoms. The van der Waals surface area contributed by atoms with Crippen LogP contribution in [-0.4, -0.2) is 91.8 Å². The van der Waals surface area contributed by atoms with Gasteiger partial charge >= 0.3 is 6.09 Å². The van der Waals surface area contributed by atoms with E-state index in [1.54, 1.807) is 25.9 Å². The predicted octanol–water partition coefficient (Wildman–Crippen LogP) is 5.17. The Balaban J connectivity index is 0.00000504. The van der Waals surface area contributed by atoms with Crippen molar-refractivity contribution in [2.24, 2.45) is 11.8 Å². The maximum atomic E-state index is 14.2. The monoisotopic (exact) mass is 690 g/mol. The molecule has 1 saturated heterocycles. The Kier molecular flexibility index (Phi) is 10.2. The van der Waals surface area contributed by atoms with E-state index in [0.29, 0.717) is 37.4 Å². The second-order valence-corrected chi connectivity index (χ2v) is 15.8. The molecule has 272 valence electrons. The molecule has 0 radical (unpaired) electrons. The van der Waals surface area contributed by atoms with Gasteiger partial charge in [-0.2, -0.15) is 0 Å². The summed E-state index contributed by atoms with van der Waals surface area (Å²) in [5.74, 6) is -0.745. The third-order valence-electron chi connectivity index (χ3n) is 10.1. The SMILES string of the molecule is COCCCN1C(=O)C(C)(C)Oc2ccc(N(CC(=O)[C@@H]3C[C@H](C(=O)NC4Cc5ccccc5C4)CN(C(=O)OC(C)(C)C)C3)C3CC3)cc21.[HH]. The van der Waals surface area contributed by atoms with Crippen LogP contribution in [0.1, 0.15) is 72.9 Å². The summed E-state index contributed by atoms with van der Waals surface area (Å²) in [5, 5.41) is 3.23. The second kappa shape index (κ2) is 14.2. The fourth-order valence-electron chi connectivity index (χ4n) is 7.42. The molecule has 2 aliphatic carbocycles. The minimum absolute atomic E-state index is 0. The van der Waals surface area contributed by atoms with Crippen molar-refractivity contribution in [2.75, 3.05) is 49.7 Å². The van der Waals surface area contributed by atoms with Crippen LogP contribution in [0.4, 0.5) is 16.2 Å². The molecule has 11 nitrogen and oxygen atoms in total. The van der Waals surface area contributed by atoms with Crippen molar-refractivity contribution >= 4 is 35.1 Å². The Morgan fingerprint density at radius 2 is 1.72 bits per heavy atom. The number of hydrogen-bond acceptors (Lipinski definition) is 8. The van der Waals surface area contributed by atoms with Crippen LogP contribution >= 0.6 is 0 Å². The summed E-state index contributed by atoms with van der Waals surface area (Å²) in [6, 6.07) is 14.2. The average Bonchev–Trinajstić information content (AvgIpc) is 3.82. The molecule has 0 bridgehead atoms. The number of fused-ring (bicyclic) bond motifs is 2. The first-order chi connectivity index (χ1) is 23.7. The minimum atomic E-state index is -1.00. The molecule has 6 rings (SSSR count). The second-order valence-electron chi connectivity index (χ2n) is 15.8. The fraction of sp³-hybridized carbons (Fsp3) is 0.590. The van der Waals surface area contributed by atoms with Crippen LogP contribution in [0.25, 0.3) is 0 Å². The quantitative estimate of drug-likeness (QED) is 0.321. The summed E-state index contributed by atoms with van der Waals surface area (Å²) in [7, 11) is 1.64. The van der Waals surface area contributed by atoms with Crippen LogP contribution in [0.5, 0.6) is 5.75 Å². The molecule has 2 heterocycles. The first-order valence-corrected chi connectivity index (χ1v) is 18.0. The number of piperidine rings is 1. The molecule has 4 aliphatic rings. The van der Waals surface area contributed by atoms with Gasteiger partial charge < -0.3 is 34.2 Å². The van der Waals surface area contributed by atoms with Gasteiger partial charge in [0.05, 0.1) is 18.2 Å². The van der Waals surface area contributed by atoms with E-state index in [1.165, 1.54) is 16.0 Å². The number of anilines is 2. The number of ketones is 1. The minimum Gasteiger partial charge on any atom is -0.476 e. The standard InChI is InChI=1S/C39H52N4O7.H2/c1-38(2,3)50-37(47)41-22-27(18-28(23-41)35(45)40-29-19-25-10-7-8-11-26(25)20-29)33(44)24-43(30-12-13-30)31-14-15-34-32(21-31)42(16-9-17-48-6)36(46)39(4,5)49-34;/h7-8,10-11,14-15,21,27-30H,9,12-13,16-20,22-24H2,1-6H3,(H,40,45);1H/t27-,28+;/m1./s1. The number of carbonyl (C=O) groups is 4. The van der Waals surface area contributed by atoms with Gasteiger partial charge in [-0.1, -0.05) is 24.3 Å². The lowest BCUT2D eigenvalue weighted by Crippen LogP contribution is -2.53. The largest absolute Gasteiger partial charge is 0.476 e. The van der Waals surface area contributed by atoms with E-state index in [1.807, 2.05) is 51.1 Å². The van der Waals surface area contributed by atoms with Crippen LogP contribution in [0.3, 0.4) is 0 Å². The topological polar surface area (TPSA) is 118 Å². The summed E-state index contributed by atoms with van der Waals surface area (Å²) in [6.45, 7) is 10.5. The number of ether oxygens (including phenoxy) is 3. The smallest absolute Gasteiger partial charge is 0.410 e. The Labute approximate surface area is 297 Å². The summed E-state index contributed by atoms with van der Waals surface area (Å²) < 4.78 is 17.1. The van der Waals surface area contributed by atoms with E-state index in [9.17, 15) is 19.2 Å². The Hall–Kier alpha value is -4.12. The fourth-order valence-corrected chi connectivity index (χ4v) is 7.42. The number of carbonyl (C=O) groups excluding carboxylic acids is 4. The third kappa shape index (κ3) is 8.09. The zero-order chi connectivity index (χ0) is 35.8. The van der Waals surface area contributed by atoms with Crippen molar-refractivity contribution in [3.8, 4) is 5.75 Å². The number of amides is 3. The highest BCUT2D eigenvalue weighted by Crippen LogP contribution is 2.42. The highest BCUT2D eigenvalue weighted by molar-refractivity contribution is 6.03. The van der Waals surface area contributed by atoms with E-state index in [2.05, 4.69) is 22.3 Å². The number of nitrogens with zero attached hydrogens (tertiary/aromatic N) is 3. The normalized spacial score (nSPS) is 21.6. The lowest BCUT2D eigenvalue weighted by atomic mass is 9.85. The molecule has 1 N–H and O–H groups in total. The van der Waals surface area contributed by atoms with Crippen molar-refractivity contribution < 1.29 is 34.8 Å². The molecule has 2 aromatic carbocycles. The lowest BCUT2D eigenvalue weighted by Gasteiger charge is -2.40. The van der Waals surface area contributed by atoms with Gasteiger partial charge in [-0.15, -0.1) is 0 Å². The number of rotatable bonds is 11. The molecule has 0 unspecified atom stereocenters. The molecule has 0 spiro atoms. The van der Waals surface area contributed by atoms with Crippen LogP contribution < -0.4 is 19.9 Å². The summed E-state index contributed by atoms with van der Waals surface area (Å²) >= 11 is 0. The van der Waals surface area contributed by atoms with Gasteiger partial charge in [0, 0.05) is 58.5 Å². The number of Topliss-reactive ketones (excluding diaryl/α,β-unsaturated/α-hetero) is 1. The molecule has 11 heteroatoms. The Bertz CT molecular complexity index is 1600. The van der Waals surface area contributed by atoms with Crippen molar-refractivity contribution in [1.29, 1.82) is 0 Å². The highest BCUT2D eigenvalue weighted by Gasteiger charge is 2.43. The lowest BCUT2D eigenvalue weighted by molar-refractivity contribution is -0.133. The molecule has 2 atom stereocenters. The molecule has 2 aliphatic heterocycles. The molecule has 1 saturated carbocycles. The van der Waals surface area contributed by atoms with Crippen molar-refractivity contribution in [3.05, 3.63) is 53.6 Å². The van der Waals surface area contributed by atoms with E-state index >= 15 is 0 Å². The average molecular weight is 691 g/mol. The Morgan fingerprint density at radius 1 is 1.04 bits per heavy atom. The number of nitrogens with one attached hydrogen (secondary N) is 1. The van der Waals surface area contributed by atoms with Crippen LogP contribution in [0, 0.1) is 11.8 Å². The van der Waals surface area contributed by atoms with E-state index in [4.69, 9.17) is 14.2 Å². The molecular formula is C39H54N4O7. The third-order valence-corrected chi connectivity index (χ3v) is 10.1. The van der Waals surface area contributed by atoms with Gasteiger partial charge in [0.25, 0.3) is 5.91 Å². The maximum absolute atomic E-state index is 14.2. The number of benzene rings is 2. The zero-order valence-corrected chi connectivity index (χ0v) is 30.3. The Morgan fingerprint density at radius 3 is 2.36 bits per heavy atom. The number of likely N-dealkylation sites (tertiary alicyclic amines) is 1. The van der Waals surface area contributed by atoms with Crippen molar-refractivity contribution in [1.82, 2.24) is 10.2 Å². The number of hydrogen-bond donors (Lipinski definition) is 1. The highest BCUT2D eigenvalue weighted by atomic mass is 16.6. The van der Waals surface area contributed by atoms with Crippen molar-refractivity contribution in [2.45, 2.75) is 96.4 Å². The van der Waals surface area contributed by atoms with Crippen LogP contribution in [0.15, 0.2) is 42.5 Å². The van der Waals surface area contributed by atoms with E-state index < -0.39 is 29.1 Å². The summed E-state index contributed by atoms with van der Waals surface area (Å²) in [6.07, 6.45) is 3.95. The first kappa shape index (κ1) is 35.7. The molecule has 0 aromatic heterocycles. The summed E-state index contributed by atoms with van der Waals surface area (Å²) in [5.41, 5.74) is 2.28. The van der Waals surface area contributed by atoms with E-state index in [-0.39, 0.29) is 50.7 Å². The zero-order valence-electron chi connectivity index (χ0n) is 30.3. The molecular weight excluding hydrogens is 636 g/mol. The van der Waals surface area contributed by atoms with Gasteiger partial charge in [-0.05, 0) is 102 Å².